The molecule has 2 amide bonds. The average Bonchev–Trinajstić information content (AvgIpc) is 3.47. The molecule has 0 fully saturated rings. The normalized spacial score (nSPS) is 13.7. The van der Waals surface area contributed by atoms with Crippen molar-refractivity contribution in [3.63, 3.8) is 0 Å². The van der Waals surface area contributed by atoms with Crippen LogP contribution in [0.3, 0.4) is 0 Å². The Morgan fingerprint density at radius 2 is 2.26 bits per heavy atom. The number of thiophene rings is 1. The van der Waals surface area contributed by atoms with E-state index in [1.807, 2.05) is 17.6 Å². The van der Waals surface area contributed by atoms with Crippen molar-refractivity contribution in [2.24, 2.45) is 5.73 Å². The smallest absolute Gasteiger partial charge is 0.251 e. The Morgan fingerprint density at radius 3 is 2.94 bits per heavy atom. The monoisotopic (exact) mass is 457 g/mol. The Labute approximate surface area is 187 Å². The molecule has 0 radical (unpaired) electrons. The number of nitrogens with zero attached hydrogens (tertiary/aromatic N) is 3. The average molecular weight is 458 g/mol. The zero-order valence-corrected chi connectivity index (χ0v) is 18.9. The van der Waals surface area contributed by atoms with E-state index in [9.17, 15) is 9.59 Å². The fraction of sp³-hybridized carbons (Fsp3) is 0.333. The number of carbonyl (C=O) groups is 2. The zero-order chi connectivity index (χ0) is 22.1. The molecular formula is C21H23N5O3S2. The number of thioether (sulfide) groups is 1. The number of nitrogens with one attached hydrogen (secondary N) is 1. The van der Waals surface area contributed by atoms with Crippen LogP contribution in [0.15, 0.2) is 34.6 Å². The molecule has 1 aliphatic carbocycles. The largest absolute Gasteiger partial charge is 0.469 e. The van der Waals surface area contributed by atoms with Gasteiger partial charge in [0.05, 0.1) is 22.6 Å². The first kappa shape index (κ1) is 21.4. The summed E-state index contributed by atoms with van der Waals surface area (Å²) in [6, 6.07) is 1.84. The molecule has 3 heterocycles. The van der Waals surface area contributed by atoms with Gasteiger partial charge in [-0.25, -0.2) is 0 Å². The Kier molecular flexibility index (Phi) is 6.01. The van der Waals surface area contributed by atoms with Crippen molar-refractivity contribution in [1.29, 1.82) is 0 Å². The van der Waals surface area contributed by atoms with Gasteiger partial charge < -0.3 is 15.5 Å². The molecule has 0 bridgehead atoms. The summed E-state index contributed by atoms with van der Waals surface area (Å²) in [6.45, 7) is 7.96. The standard InChI is InChI=1S/C21H23N5O3S2/c1-4-9-26-18(13-8-10-29-11(13)2)24-25-21(26)30-12(3)19(28)23-20-16(17(22)27)14-6-5-7-15(14)31-20/h4,8,10,12H,1,5-7,9H2,2-3H3,(H2,22,27)(H,23,28)/t12-/m0/s1. The molecule has 0 aliphatic heterocycles. The number of allylic oxidation sites excluding steroid dienone is 1. The molecule has 3 N–H and O–H groups in total. The highest BCUT2D eigenvalue weighted by atomic mass is 32.2. The predicted molar refractivity (Wildman–Crippen MR) is 121 cm³/mol. The lowest BCUT2D eigenvalue weighted by atomic mass is 10.1. The number of anilines is 1. The Hall–Kier alpha value is -2.85. The van der Waals surface area contributed by atoms with Crippen LogP contribution in [0.25, 0.3) is 11.4 Å². The van der Waals surface area contributed by atoms with E-state index >= 15 is 0 Å². The zero-order valence-electron chi connectivity index (χ0n) is 17.3. The van der Waals surface area contributed by atoms with Crippen molar-refractivity contribution < 1.29 is 14.0 Å². The van der Waals surface area contributed by atoms with Gasteiger partial charge in [0.1, 0.15) is 10.8 Å². The molecule has 0 saturated carbocycles. The molecule has 0 unspecified atom stereocenters. The molecule has 0 spiro atoms. The topological polar surface area (TPSA) is 116 Å². The number of fused-ring (bicyclic) bond motifs is 1. The van der Waals surface area contributed by atoms with E-state index in [4.69, 9.17) is 10.2 Å². The minimum absolute atomic E-state index is 0.221. The van der Waals surface area contributed by atoms with E-state index < -0.39 is 11.2 Å². The van der Waals surface area contributed by atoms with Crippen LogP contribution in [-0.2, 0) is 24.2 Å². The number of hydrogen-bond acceptors (Lipinski definition) is 7. The second-order valence-electron chi connectivity index (χ2n) is 7.27. The van der Waals surface area contributed by atoms with Gasteiger partial charge in [0.2, 0.25) is 5.91 Å². The lowest BCUT2D eigenvalue weighted by molar-refractivity contribution is -0.115. The second-order valence-corrected chi connectivity index (χ2v) is 9.68. The van der Waals surface area contributed by atoms with Crippen LogP contribution in [0.2, 0.25) is 0 Å². The van der Waals surface area contributed by atoms with Crippen LogP contribution < -0.4 is 11.1 Å². The molecule has 8 nitrogen and oxygen atoms in total. The van der Waals surface area contributed by atoms with Crippen LogP contribution in [0.4, 0.5) is 5.00 Å². The van der Waals surface area contributed by atoms with Crippen LogP contribution in [-0.4, -0.2) is 31.8 Å². The first-order valence-electron chi connectivity index (χ1n) is 9.91. The van der Waals surface area contributed by atoms with Gasteiger partial charge in [-0.3, -0.25) is 14.2 Å². The van der Waals surface area contributed by atoms with Crippen LogP contribution in [0.1, 0.15) is 39.9 Å². The highest BCUT2D eigenvalue weighted by Crippen LogP contribution is 2.39. The molecule has 31 heavy (non-hydrogen) atoms. The summed E-state index contributed by atoms with van der Waals surface area (Å²) >= 11 is 2.74. The molecule has 1 aliphatic rings. The summed E-state index contributed by atoms with van der Waals surface area (Å²) in [5, 5.41) is 12.2. The minimum Gasteiger partial charge on any atom is -0.469 e. The summed E-state index contributed by atoms with van der Waals surface area (Å²) in [5.74, 6) is 0.680. The fourth-order valence-corrected chi connectivity index (χ4v) is 5.82. The number of hydrogen-bond donors (Lipinski definition) is 2. The molecule has 0 aromatic carbocycles. The molecule has 0 saturated heterocycles. The van der Waals surface area contributed by atoms with E-state index in [1.165, 1.54) is 23.1 Å². The van der Waals surface area contributed by atoms with Crippen LogP contribution in [0.5, 0.6) is 0 Å². The lowest BCUT2D eigenvalue weighted by Crippen LogP contribution is -2.24. The quantitative estimate of drug-likeness (QED) is 0.393. The third kappa shape index (κ3) is 4.05. The first-order chi connectivity index (χ1) is 14.9. The van der Waals surface area contributed by atoms with E-state index in [0.29, 0.717) is 28.1 Å². The lowest BCUT2D eigenvalue weighted by Gasteiger charge is -2.13. The summed E-state index contributed by atoms with van der Waals surface area (Å²) in [4.78, 5) is 26.0. The minimum atomic E-state index is -0.499. The molecule has 3 aromatic rings. The van der Waals surface area contributed by atoms with E-state index in [0.717, 1.165) is 41.0 Å². The number of primary amides is 1. The number of carbonyl (C=O) groups excluding carboxylic acids is 2. The van der Waals surface area contributed by atoms with Crippen LogP contribution in [0, 0.1) is 6.92 Å². The number of rotatable bonds is 8. The molecule has 1 atom stereocenters. The predicted octanol–water partition coefficient (Wildman–Crippen LogP) is 3.80. The van der Waals surface area contributed by atoms with Crippen LogP contribution >= 0.6 is 23.1 Å². The van der Waals surface area contributed by atoms with Gasteiger partial charge in [-0.05, 0) is 44.7 Å². The third-order valence-corrected chi connectivity index (χ3v) is 7.47. The fourth-order valence-electron chi connectivity index (χ4n) is 3.66. The van der Waals surface area contributed by atoms with Gasteiger partial charge in [0, 0.05) is 11.4 Å². The van der Waals surface area contributed by atoms with Crippen molar-refractivity contribution in [3.05, 3.63) is 46.7 Å². The maximum atomic E-state index is 12.9. The molecule has 10 heteroatoms. The Balaban J connectivity index is 1.54. The molecule has 4 rings (SSSR count). The van der Waals surface area contributed by atoms with E-state index in [1.54, 1.807) is 19.3 Å². The van der Waals surface area contributed by atoms with Gasteiger partial charge in [-0.15, -0.1) is 28.1 Å². The molecule has 162 valence electrons. The van der Waals surface area contributed by atoms with Gasteiger partial charge in [-0.1, -0.05) is 17.8 Å². The van der Waals surface area contributed by atoms with Crippen molar-refractivity contribution in [2.75, 3.05) is 5.32 Å². The second kappa shape index (κ2) is 8.72. The van der Waals surface area contributed by atoms with Gasteiger partial charge in [0.15, 0.2) is 11.0 Å². The maximum absolute atomic E-state index is 12.9. The number of nitrogens with two attached hydrogens (primary N) is 1. The number of furan rings is 1. The Morgan fingerprint density at radius 1 is 1.45 bits per heavy atom. The molecular weight excluding hydrogens is 434 g/mol. The summed E-state index contributed by atoms with van der Waals surface area (Å²) in [6.07, 6.45) is 6.12. The number of amides is 2. The van der Waals surface area contributed by atoms with Crippen molar-refractivity contribution in [3.8, 4) is 11.4 Å². The molecule has 3 aromatic heterocycles. The third-order valence-electron chi connectivity index (χ3n) is 5.18. The van der Waals surface area contributed by atoms with E-state index in [-0.39, 0.29) is 5.91 Å². The van der Waals surface area contributed by atoms with E-state index in [2.05, 4.69) is 22.1 Å². The number of aromatic nitrogens is 3. The highest BCUT2D eigenvalue weighted by Gasteiger charge is 2.28. The summed E-state index contributed by atoms with van der Waals surface area (Å²) in [7, 11) is 0. The van der Waals surface area contributed by atoms with Crippen molar-refractivity contribution in [1.82, 2.24) is 14.8 Å². The van der Waals surface area contributed by atoms with Gasteiger partial charge in [0.25, 0.3) is 5.91 Å². The van der Waals surface area contributed by atoms with Gasteiger partial charge >= 0.3 is 0 Å². The van der Waals surface area contributed by atoms with Crippen molar-refractivity contribution >= 4 is 39.9 Å². The first-order valence-corrected chi connectivity index (χ1v) is 11.6. The van der Waals surface area contributed by atoms with Crippen molar-refractivity contribution in [2.45, 2.75) is 50.1 Å². The summed E-state index contributed by atoms with van der Waals surface area (Å²) in [5.41, 5.74) is 7.88. The van der Waals surface area contributed by atoms with Gasteiger partial charge in [-0.2, -0.15) is 0 Å². The summed E-state index contributed by atoms with van der Waals surface area (Å²) < 4.78 is 7.29. The maximum Gasteiger partial charge on any atom is 0.251 e. The number of aryl methyl sites for hydroxylation is 2. The Bertz CT molecular complexity index is 1160. The SMILES string of the molecule is C=CCn1c(S[C@@H](C)C(=O)Nc2sc3c(c2C(N)=O)CCC3)nnc1-c1ccoc1C. The highest BCUT2D eigenvalue weighted by molar-refractivity contribution is 8.00.